The van der Waals surface area contributed by atoms with Crippen LogP contribution in [0.2, 0.25) is 0 Å². The van der Waals surface area contributed by atoms with Crippen LogP contribution in [0.4, 0.5) is 11.5 Å². The highest BCUT2D eigenvalue weighted by atomic mass is 16.6. The van der Waals surface area contributed by atoms with Gasteiger partial charge in [-0.3, -0.25) is 10.1 Å². The number of nitro groups is 1. The molecule has 17 heavy (non-hydrogen) atoms. The number of anilines is 1. The van der Waals surface area contributed by atoms with Crippen LogP contribution in [0, 0.1) is 17.0 Å². The lowest BCUT2D eigenvalue weighted by Gasteiger charge is -2.26. The lowest BCUT2D eigenvalue weighted by atomic mass is 10.2. The summed E-state index contributed by atoms with van der Waals surface area (Å²) in [7, 11) is 0. The van der Waals surface area contributed by atoms with Crippen LogP contribution in [0.15, 0.2) is 12.3 Å². The molecule has 0 aromatic carbocycles. The van der Waals surface area contributed by atoms with Gasteiger partial charge in [0.1, 0.15) is 0 Å². The summed E-state index contributed by atoms with van der Waals surface area (Å²) >= 11 is 0. The van der Waals surface area contributed by atoms with E-state index in [-0.39, 0.29) is 18.3 Å². The maximum atomic E-state index is 11.1. The van der Waals surface area contributed by atoms with Crippen molar-refractivity contribution in [3.05, 3.63) is 27.9 Å². The minimum absolute atomic E-state index is 0.00894. The number of rotatable bonds is 5. The second kappa shape index (κ2) is 5.58. The maximum Gasteiger partial charge on any atom is 0.314 e. The molecule has 6 heteroatoms. The standard InChI is InChI=1S/C11H17N3O3/c1-8(2)13(6-7-15)11-10(14(16)17)9(3)4-5-12-11/h4-5,8,15H,6-7H2,1-3H3. The van der Waals surface area contributed by atoms with Crippen molar-refractivity contribution in [2.24, 2.45) is 0 Å². The summed E-state index contributed by atoms with van der Waals surface area (Å²) in [6.07, 6.45) is 1.55. The molecule has 94 valence electrons. The first-order valence-electron chi connectivity index (χ1n) is 5.46. The second-order valence-corrected chi connectivity index (χ2v) is 4.07. The zero-order chi connectivity index (χ0) is 13.0. The van der Waals surface area contributed by atoms with Gasteiger partial charge in [0.2, 0.25) is 5.82 Å². The number of nitrogens with zero attached hydrogens (tertiary/aromatic N) is 3. The first-order chi connectivity index (χ1) is 7.99. The molecule has 1 aromatic heterocycles. The van der Waals surface area contributed by atoms with Crippen LogP contribution in [-0.2, 0) is 0 Å². The quantitative estimate of drug-likeness (QED) is 0.622. The number of hydrogen-bond acceptors (Lipinski definition) is 5. The number of aromatic nitrogens is 1. The van der Waals surface area contributed by atoms with Crippen molar-refractivity contribution in [1.82, 2.24) is 4.98 Å². The van der Waals surface area contributed by atoms with E-state index in [9.17, 15) is 10.1 Å². The summed E-state index contributed by atoms with van der Waals surface area (Å²) in [4.78, 5) is 16.4. The monoisotopic (exact) mass is 239 g/mol. The molecule has 0 unspecified atom stereocenters. The Bertz CT molecular complexity index is 407. The fourth-order valence-corrected chi connectivity index (χ4v) is 1.69. The molecule has 1 rings (SSSR count). The van der Waals surface area contributed by atoms with Crippen molar-refractivity contribution in [1.29, 1.82) is 0 Å². The van der Waals surface area contributed by atoms with Crippen molar-refractivity contribution in [2.75, 3.05) is 18.1 Å². The van der Waals surface area contributed by atoms with Crippen LogP contribution in [0.5, 0.6) is 0 Å². The minimum Gasteiger partial charge on any atom is -0.395 e. The minimum atomic E-state index is -0.426. The highest BCUT2D eigenvalue weighted by Gasteiger charge is 2.24. The van der Waals surface area contributed by atoms with E-state index in [1.807, 2.05) is 13.8 Å². The van der Waals surface area contributed by atoms with Crippen molar-refractivity contribution >= 4 is 11.5 Å². The van der Waals surface area contributed by atoms with E-state index in [0.29, 0.717) is 17.9 Å². The van der Waals surface area contributed by atoms with Gasteiger partial charge >= 0.3 is 5.69 Å². The molecule has 1 aromatic rings. The van der Waals surface area contributed by atoms with E-state index in [1.54, 1.807) is 24.1 Å². The smallest absolute Gasteiger partial charge is 0.314 e. The fourth-order valence-electron chi connectivity index (χ4n) is 1.69. The van der Waals surface area contributed by atoms with Gasteiger partial charge in [0.25, 0.3) is 0 Å². The first-order valence-corrected chi connectivity index (χ1v) is 5.46. The average molecular weight is 239 g/mol. The molecule has 0 bridgehead atoms. The summed E-state index contributed by atoms with van der Waals surface area (Å²) in [6, 6.07) is 1.65. The molecule has 1 N–H and O–H groups in total. The van der Waals surface area contributed by atoms with Crippen molar-refractivity contribution in [3.63, 3.8) is 0 Å². The molecular formula is C11H17N3O3. The van der Waals surface area contributed by atoms with Gasteiger partial charge in [-0.05, 0) is 26.8 Å². The number of aliphatic hydroxyl groups is 1. The Kier molecular flexibility index (Phi) is 4.39. The average Bonchev–Trinajstić information content (AvgIpc) is 2.24. The van der Waals surface area contributed by atoms with Gasteiger partial charge in [0.15, 0.2) is 0 Å². The van der Waals surface area contributed by atoms with Gasteiger partial charge in [-0.15, -0.1) is 0 Å². The fraction of sp³-hybridized carbons (Fsp3) is 0.545. The second-order valence-electron chi connectivity index (χ2n) is 4.07. The SMILES string of the molecule is Cc1ccnc(N(CCO)C(C)C)c1[N+](=O)[O-]. The number of pyridine rings is 1. The molecule has 0 spiro atoms. The summed E-state index contributed by atoms with van der Waals surface area (Å²) in [5, 5.41) is 20.1. The van der Waals surface area contributed by atoms with Gasteiger partial charge in [-0.2, -0.15) is 0 Å². The summed E-state index contributed by atoms with van der Waals surface area (Å²) in [6.45, 7) is 5.76. The van der Waals surface area contributed by atoms with Gasteiger partial charge < -0.3 is 10.0 Å². The van der Waals surface area contributed by atoms with Crippen molar-refractivity contribution < 1.29 is 10.0 Å². The van der Waals surface area contributed by atoms with E-state index >= 15 is 0 Å². The predicted octanol–water partition coefficient (Wildman–Crippen LogP) is 1.51. The van der Waals surface area contributed by atoms with Crippen molar-refractivity contribution in [3.8, 4) is 0 Å². The summed E-state index contributed by atoms with van der Waals surface area (Å²) in [5.74, 6) is 0.319. The van der Waals surface area contributed by atoms with E-state index in [2.05, 4.69) is 4.98 Å². The molecule has 0 saturated heterocycles. The molecule has 0 aliphatic heterocycles. The molecule has 0 amide bonds. The lowest BCUT2D eigenvalue weighted by molar-refractivity contribution is -0.384. The third-order valence-electron chi connectivity index (χ3n) is 2.53. The zero-order valence-corrected chi connectivity index (χ0v) is 10.3. The molecule has 0 radical (unpaired) electrons. The topological polar surface area (TPSA) is 79.5 Å². The summed E-state index contributed by atoms with van der Waals surface area (Å²) < 4.78 is 0. The maximum absolute atomic E-state index is 11.1. The Hall–Kier alpha value is -1.69. The third-order valence-corrected chi connectivity index (χ3v) is 2.53. The Balaban J connectivity index is 3.27. The Morgan fingerprint density at radius 1 is 1.59 bits per heavy atom. The number of aryl methyl sites for hydroxylation is 1. The van der Waals surface area contributed by atoms with E-state index < -0.39 is 4.92 Å². The molecule has 0 aliphatic carbocycles. The van der Waals surface area contributed by atoms with Crippen LogP contribution in [0.1, 0.15) is 19.4 Å². The van der Waals surface area contributed by atoms with Crippen LogP contribution in [-0.4, -0.2) is 34.2 Å². The Labute approximate surface area is 100 Å². The molecule has 1 heterocycles. The van der Waals surface area contributed by atoms with Gasteiger partial charge in [0, 0.05) is 24.3 Å². The van der Waals surface area contributed by atoms with Crippen LogP contribution < -0.4 is 4.90 Å². The van der Waals surface area contributed by atoms with E-state index in [1.165, 1.54) is 0 Å². The Morgan fingerprint density at radius 2 is 2.24 bits per heavy atom. The molecule has 0 atom stereocenters. The van der Waals surface area contributed by atoms with Gasteiger partial charge in [0.05, 0.1) is 11.5 Å². The Morgan fingerprint density at radius 3 is 2.71 bits per heavy atom. The third kappa shape index (κ3) is 2.91. The van der Waals surface area contributed by atoms with E-state index in [0.717, 1.165) is 0 Å². The molecule has 0 fully saturated rings. The molecule has 0 saturated carbocycles. The molecular weight excluding hydrogens is 222 g/mol. The lowest BCUT2D eigenvalue weighted by Crippen LogP contribution is -2.34. The van der Waals surface area contributed by atoms with Crippen molar-refractivity contribution in [2.45, 2.75) is 26.8 Å². The molecule has 6 nitrogen and oxygen atoms in total. The van der Waals surface area contributed by atoms with Crippen LogP contribution >= 0.6 is 0 Å². The first kappa shape index (κ1) is 13.4. The largest absolute Gasteiger partial charge is 0.395 e. The van der Waals surface area contributed by atoms with E-state index in [4.69, 9.17) is 5.11 Å². The van der Waals surface area contributed by atoms with Crippen LogP contribution in [0.3, 0.4) is 0 Å². The van der Waals surface area contributed by atoms with Gasteiger partial charge in [-0.1, -0.05) is 0 Å². The number of hydrogen-bond donors (Lipinski definition) is 1. The predicted molar refractivity (Wildman–Crippen MR) is 65.2 cm³/mol. The summed E-state index contributed by atoms with van der Waals surface area (Å²) in [5.41, 5.74) is 0.582. The van der Waals surface area contributed by atoms with Gasteiger partial charge in [-0.25, -0.2) is 4.98 Å². The molecule has 0 aliphatic rings. The number of aliphatic hydroxyl groups excluding tert-OH is 1. The highest BCUT2D eigenvalue weighted by molar-refractivity contribution is 5.61. The normalized spacial score (nSPS) is 10.6. The van der Waals surface area contributed by atoms with Crippen LogP contribution in [0.25, 0.3) is 0 Å². The zero-order valence-electron chi connectivity index (χ0n) is 10.3. The highest BCUT2D eigenvalue weighted by Crippen LogP contribution is 2.29.